The molecule has 12 heteroatoms. The second-order valence-corrected chi connectivity index (χ2v) is 5.69. The Morgan fingerprint density at radius 1 is 1.26 bits per heavy atom. The summed E-state index contributed by atoms with van der Waals surface area (Å²) in [7, 11) is -5.97. The van der Waals surface area contributed by atoms with E-state index in [1.54, 1.807) is 0 Å². The van der Waals surface area contributed by atoms with Crippen LogP contribution < -0.4 is 9.61 Å². The molecule has 1 aromatic carbocycles. The van der Waals surface area contributed by atoms with E-state index in [2.05, 4.69) is 4.18 Å². The normalized spacial score (nSPS) is 12.3. The third kappa shape index (κ3) is 2.97. The van der Waals surface area contributed by atoms with Gasteiger partial charge in [0.1, 0.15) is 11.3 Å². The molecule has 0 saturated carbocycles. The third-order valence-corrected chi connectivity index (χ3v) is 3.63. The fraction of sp³-hybridized carbons (Fsp3) is 0.0909. The van der Waals surface area contributed by atoms with Crippen LogP contribution in [0.4, 0.5) is 17.7 Å². The van der Waals surface area contributed by atoms with E-state index in [9.17, 15) is 35.7 Å². The topological polar surface area (TPSA) is 103 Å². The highest BCUT2D eigenvalue weighted by Crippen LogP contribution is 2.28. The van der Waals surface area contributed by atoms with Crippen molar-refractivity contribution in [3.63, 3.8) is 0 Å². The first-order chi connectivity index (χ1) is 10.4. The molecule has 0 spiro atoms. The highest BCUT2D eigenvalue weighted by atomic mass is 32.2. The van der Waals surface area contributed by atoms with Crippen molar-refractivity contribution in [3.8, 4) is 5.75 Å². The fourth-order valence-electron chi connectivity index (χ4n) is 1.64. The van der Waals surface area contributed by atoms with Crippen LogP contribution in [0.25, 0.3) is 10.9 Å². The zero-order valence-electron chi connectivity index (χ0n) is 10.7. The Labute approximate surface area is 124 Å². The van der Waals surface area contributed by atoms with Crippen LogP contribution in [0.2, 0.25) is 0 Å². The van der Waals surface area contributed by atoms with Gasteiger partial charge >= 0.3 is 21.6 Å². The van der Waals surface area contributed by atoms with Crippen molar-refractivity contribution >= 4 is 27.0 Å². The number of halogens is 4. The minimum absolute atomic E-state index is 0.301. The van der Waals surface area contributed by atoms with Crippen LogP contribution in [0.15, 0.2) is 29.2 Å². The molecule has 7 nitrogen and oxygen atoms in total. The zero-order chi connectivity index (χ0) is 17.6. The number of alkyl halides is 3. The molecule has 124 valence electrons. The largest absolute Gasteiger partial charge is 0.534 e. The summed E-state index contributed by atoms with van der Waals surface area (Å²) >= 11 is 0. The standard InChI is InChI=1S/C11H5F4NO6S/c12-11(13,14)23(20,21)22-5-1-2-6-8(3-5)16(15)4-7(9(6)17)10(18)19/h1-4H,(H,18,19). The summed E-state index contributed by atoms with van der Waals surface area (Å²) in [4.78, 5) is 22.2. The lowest BCUT2D eigenvalue weighted by Gasteiger charge is -2.10. The van der Waals surface area contributed by atoms with Crippen LogP contribution in [0, 0.1) is 0 Å². The predicted octanol–water partition coefficient (Wildman–Crippen LogP) is 1.66. The van der Waals surface area contributed by atoms with E-state index in [1.165, 1.54) is 0 Å². The number of hydrogen-bond donors (Lipinski definition) is 1. The average Bonchev–Trinajstić information content (AvgIpc) is 2.40. The van der Waals surface area contributed by atoms with Gasteiger partial charge in [-0.05, 0) is 12.1 Å². The molecule has 1 heterocycles. The summed E-state index contributed by atoms with van der Waals surface area (Å²) in [5.41, 5.74) is -8.34. The molecule has 0 atom stereocenters. The van der Waals surface area contributed by atoms with Crippen LogP contribution in [-0.2, 0) is 10.1 Å². The lowest BCUT2D eigenvalue weighted by atomic mass is 10.1. The summed E-state index contributed by atoms with van der Waals surface area (Å²) in [6.45, 7) is 0. The van der Waals surface area contributed by atoms with E-state index in [0.29, 0.717) is 18.3 Å². The Balaban J connectivity index is 2.62. The number of carboxylic acid groups (broad SMARTS) is 1. The molecule has 0 fully saturated rings. The van der Waals surface area contributed by atoms with Crippen LogP contribution in [0.1, 0.15) is 10.4 Å². The number of hydrogen-bond acceptors (Lipinski definition) is 5. The summed E-state index contributed by atoms with van der Waals surface area (Å²) in [5, 5.41) is 8.26. The van der Waals surface area contributed by atoms with E-state index in [1.807, 2.05) is 0 Å². The summed E-state index contributed by atoms with van der Waals surface area (Å²) in [6.07, 6.45) is 0.301. The average molecular weight is 355 g/mol. The zero-order valence-corrected chi connectivity index (χ0v) is 11.5. The second-order valence-electron chi connectivity index (χ2n) is 4.15. The monoisotopic (exact) mass is 355 g/mol. The summed E-state index contributed by atoms with van der Waals surface area (Å²) in [5.74, 6) is -2.60. The quantitative estimate of drug-likeness (QED) is 0.510. The Hall–Kier alpha value is -2.63. The Morgan fingerprint density at radius 3 is 2.39 bits per heavy atom. The van der Waals surface area contributed by atoms with Gasteiger partial charge in [0.15, 0.2) is 0 Å². The van der Waals surface area contributed by atoms with Crippen LogP contribution in [-0.4, -0.2) is 29.8 Å². The van der Waals surface area contributed by atoms with Crippen molar-refractivity contribution in [2.24, 2.45) is 0 Å². The van der Waals surface area contributed by atoms with Gasteiger partial charge in [-0.15, -0.1) is 0 Å². The highest BCUT2D eigenvalue weighted by molar-refractivity contribution is 7.88. The van der Waals surface area contributed by atoms with E-state index in [0.717, 1.165) is 6.07 Å². The maximum atomic E-state index is 13.7. The molecule has 0 unspecified atom stereocenters. The lowest BCUT2D eigenvalue weighted by Crippen LogP contribution is -2.28. The van der Waals surface area contributed by atoms with Crippen molar-refractivity contribution in [3.05, 3.63) is 40.2 Å². The molecule has 0 saturated heterocycles. The van der Waals surface area contributed by atoms with Crippen molar-refractivity contribution in [1.82, 2.24) is 4.79 Å². The number of rotatable bonds is 3. The molecule has 23 heavy (non-hydrogen) atoms. The maximum absolute atomic E-state index is 13.7. The van der Waals surface area contributed by atoms with E-state index in [-0.39, 0.29) is 4.79 Å². The lowest BCUT2D eigenvalue weighted by molar-refractivity contribution is -0.0500. The van der Waals surface area contributed by atoms with Crippen LogP contribution in [0.5, 0.6) is 5.75 Å². The number of fused-ring (bicyclic) bond motifs is 1. The molecule has 0 radical (unpaired) electrons. The smallest absolute Gasteiger partial charge is 0.477 e. The van der Waals surface area contributed by atoms with Gasteiger partial charge in [-0.3, -0.25) is 4.79 Å². The van der Waals surface area contributed by atoms with Crippen molar-refractivity contribution < 1.29 is 40.2 Å². The van der Waals surface area contributed by atoms with Gasteiger partial charge in [0, 0.05) is 11.5 Å². The van der Waals surface area contributed by atoms with E-state index < -0.39 is 49.2 Å². The van der Waals surface area contributed by atoms with Gasteiger partial charge in [-0.25, -0.2) is 4.79 Å². The highest BCUT2D eigenvalue weighted by Gasteiger charge is 2.48. The first kappa shape index (κ1) is 16.7. The SMILES string of the molecule is O=C(O)c1cn(F)c2cc(OS(=O)(=O)C(F)(F)F)ccc2c1=O. The molecule has 0 aliphatic rings. The summed E-state index contributed by atoms with van der Waals surface area (Å²) < 4.78 is 75.9. The number of aromatic nitrogens is 1. The van der Waals surface area contributed by atoms with E-state index in [4.69, 9.17) is 5.11 Å². The first-order valence-corrected chi connectivity index (χ1v) is 6.94. The Kier molecular flexibility index (Phi) is 3.80. The van der Waals surface area contributed by atoms with Crippen molar-refractivity contribution in [1.29, 1.82) is 0 Å². The number of carbonyl (C=O) groups is 1. The summed E-state index contributed by atoms with van der Waals surface area (Å²) in [6, 6.07) is 1.94. The third-order valence-electron chi connectivity index (χ3n) is 2.65. The number of benzene rings is 1. The van der Waals surface area contributed by atoms with Crippen molar-refractivity contribution in [2.75, 3.05) is 0 Å². The van der Waals surface area contributed by atoms with Crippen molar-refractivity contribution in [2.45, 2.75) is 5.51 Å². The molecule has 1 N–H and O–H groups in total. The van der Waals surface area contributed by atoms with Gasteiger partial charge in [0.05, 0.1) is 11.7 Å². The number of nitrogens with zero attached hydrogens (tertiary/aromatic N) is 1. The molecule has 0 amide bonds. The molecule has 0 bridgehead atoms. The van der Waals surface area contributed by atoms with Gasteiger partial charge in [0.2, 0.25) is 5.43 Å². The fourth-order valence-corrected chi connectivity index (χ4v) is 2.10. The van der Waals surface area contributed by atoms with Crippen LogP contribution in [0.3, 0.4) is 0 Å². The molecule has 1 aromatic heterocycles. The number of pyridine rings is 1. The van der Waals surface area contributed by atoms with Gasteiger partial charge in [-0.1, -0.05) is 4.48 Å². The van der Waals surface area contributed by atoms with Gasteiger partial charge in [-0.2, -0.15) is 26.4 Å². The molecule has 0 aliphatic carbocycles. The van der Waals surface area contributed by atoms with Crippen LogP contribution >= 0.6 is 0 Å². The number of aromatic carboxylic acids is 1. The predicted molar refractivity (Wildman–Crippen MR) is 67.3 cm³/mol. The molecule has 2 aromatic rings. The molecular formula is C11H5F4NO6S. The van der Waals surface area contributed by atoms with Gasteiger partial charge in [0.25, 0.3) is 0 Å². The molecule has 0 aliphatic heterocycles. The Bertz CT molecular complexity index is 963. The minimum atomic E-state index is -5.97. The minimum Gasteiger partial charge on any atom is -0.477 e. The number of carboxylic acids is 1. The maximum Gasteiger partial charge on any atom is 0.534 e. The molecule has 2 rings (SSSR count). The molecular weight excluding hydrogens is 350 g/mol. The first-order valence-electron chi connectivity index (χ1n) is 5.53. The van der Waals surface area contributed by atoms with E-state index >= 15 is 0 Å². The van der Waals surface area contributed by atoms with Gasteiger partial charge < -0.3 is 9.29 Å². The second kappa shape index (κ2) is 5.22. The Morgan fingerprint density at radius 2 is 1.87 bits per heavy atom.